The maximum absolute atomic E-state index is 12.4. The first-order valence-corrected chi connectivity index (χ1v) is 9.39. The van der Waals surface area contributed by atoms with E-state index in [0.29, 0.717) is 23.4 Å². The highest BCUT2D eigenvalue weighted by Crippen LogP contribution is 2.29. The molecular weight excluding hydrogens is 356 g/mol. The molecule has 28 heavy (non-hydrogen) atoms. The standard InChI is InChI=1S/C22H24N2O4/c1-4-6-17-11-20(25)28-21-14(2)19(9-8-18(17)21)27-15(3)22(26)24-13-16-7-5-10-23-12-16/h5,7-12,15H,4,6,13H2,1-3H3,(H,24,26)/t15-/m0/s1. The summed E-state index contributed by atoms with van der Waals surface area (Å²) in [6.45, 7) is 5.96. The van der Waals surface area contributed by atoms with Gasteiger partial charge in [0, 0.05) is 36.0 Å². The Morgan fingerprint density at radius 1 is 1.32 bits per heavy atom. The molecule has 0 unspecified atom stereocenters. The van der Waals surface area contributed by atoms with Crippen molar-refractivity contribution in [1.82, 2.24) is 10.3 Å². The second-order valence-electron chi connectivity index (χ2n) is 6.75. The molecule has 1 atom stereocenters. The van der Waals surface area contributed by atoms with Crippen LogP contribution in [0.4, 0.5) is 0 Å². The number of benzene rings is 1. The van der Waals surface area contributed by atoms with Gasteiger partial charge in [0.2, 0.25) is 0 Å². The van der Waals surface area contributed by atoms with Crippen LogP contribution in [0, 0.1) is 6.92 Å². The molecule has 0 bridgehead atoms. The minimum Gasteiger partial charge on any atom is -0.480 e. The predicted octanol–water partition coefficient (Wildman–Crippen LogP) is 3.53. The van der Waals surface area contributed by atoms with Crippen molar-refractivity contribution < 1.29 is 13.9 Å². The van der Waals surface area contributed by atoms with E-state index in [1.165, 1.54) is 0 Å². The van der Waals surface area contributed by atoms with Crippen LogP contribution in [0.5, 0.6) is 5.75 Å². The molecule has 0 aliphatic rings. The lowest BCUT2D eigenvalue weighted by atomic mass is 10.0. The number of pyridine rings is 1. The fourth-order valence-electron chi connectivity index (χ4n) is 3.09. The third-order valence-corrected chi connectivity index (χ3v) is 4.58. The van der Waals surface area contributed by atoms with Crippen molar-refractivity contribution in [2.45, 2.75) is 46.3 Å². The van der Waals surface area contributed by atoms with Crippen LogP contribution in [0.2, 0.25) is 0 Å². The average molecular weight is 380 g/mol. The Bertz CT molecular complexity index is 1030. The average Bonchev–Trinajstić information content (AvgIpc) is 2.69. The molecule has 3 rings (SSSR count). The first kappa shape index (κ1) is 19.6. The summed E-state index contributed by atoms with van der Waals surface area (Å²) in [4.78, 5) is 28.3. The van der Waals surface area contributed by atoms with E-state index in [1.807, 2.05) is 31.2 Å². The lowest BCUT2D eigenvalue weighted by molar-refractivity contribution is -0.127. The molecule has 6 nitrogen and oxygen atoms in total. The van der Waals surface area contributed by atoms with Gasteiger partial charge in [-0.25, -0.2) is 4.79 Å². The van der Waals surface area contributed by atoms with E-state index < -0.39 is 6.10 Å². The largest absolute Gasteiger partial charge is 0.480 e. The molecule has 0 aliphatic heterocycles. The van der Waals surface area contributed by atoms with E-state index in [-0.39, 0.29) is 11.5 Å². The van der Waals surface area contributed by atoms with Crippen molar-refractivity contribution in [2.24, 2.45) is 0 Å². The zero-order chi connectivity index (χ0) is 20.1. The quantitative estimate of drug-likeness (QED) is 0.634. The van der Waals surface area contributed by atoms with Crippen LogP contribution in [0.3, 0.4) is 0 Å². The van der Waals surface area contributed by atoms with Crippen molar-refractivity contribution in [3.63, 3.8) is 0 Å². The Labute approximate surface area is 163 Å². The molecule has 146 valence electrons. The van der Waals surface area contributed by atoms with Crippen molar-refractivity contribution in [3.05, 3.63) is 69.8 Å². The minimum absolute atomic E-state index is 0.232. The third-order valence-electron chi connectivity index (χ3n) is 4.58. The molecule has 1 aromatic carbocycles. The van der Waals surface area contributed by atoms with Gasteiger partial charge in [0.15, 0.2) is 6.10 Å². The van der Waals surface area contributed by atoms with E-state index in [9.17, 15) is 9.59 Å². The van der Waals surface area contributed by atoms with Crippen molar-refractivity contribution in [3.8, 4) is 5.75 Å². The molecule has 0 saturated heterocycles. The van der Waals surface area contributed by atoms with Gasteiger partial charge in [-0.2, -0.15) is 0 Å². The number of fused-ring (bicyclic) bond motifs is 1. The minimum atomic E-state index is -0.696. The van der Waals surface area contributed by atoms with E-state index in [2.05, 4.69) is 17.2 Å². The van der Waals surface area contributed by atoms with Gasteiger partial charge in [-0.05, 0) is 49.6 Å². The van der Waals surface area contributed by atoms with Gasteiger partial charge in [-0.1, -0.05) is 19.4 Å². The smallest absolute Gasteiger partial charge is 0.336 e. The van der Waals surface area contributed by atoms with Crippen molar-refractivity contribution >= 4 is 16.9 Å². The molecule has 1 N–H and O–H groups in total. The van der Waals surface area contributed by atoms with E-state index in [1.54, 1.807) is 25.4 Å². The van der Waals surface area contributed by atoms with Gasteiger partial charge in [-0.3, -0.25) is 9.78 Å². The number of carbonyl (C=O) groups is 1. The van der Waals surface area contributed by atoms with Crippen LogP contribution < -0.4 is 15.7 Å². The second kappa shape index (κ2) is 8.69. The zero-order valence-electron chi connectivity index (χ0n) is 16.3. The summed E-state index contributed by atoms with van der Waals surface area (Å²) < 4.78 is 11.3. The zero-order valence-corrected chi connectivity index (χ0v) is 16.3. The summed E-state index contributed by atoms with van der Waals surface area (Å²) in [5.41, 5.74) is 2.72. The maximum Gasteiger partial charge on any atom is 0.336 e. The molecular formula is C22H24N2O4. The molecule has 3 aromatic rings. The van der Waals surface area contributed by atoms with Crippen molar-refractivity contribution in [2.75, 3.05) is 0 Å². The Morgan fingerprint density at radius 2 is 2.14 bits per heavy atom. The summed E-state index contributed by atoms with van der Waals surface area (Å²) in [7, 11) is 0. The summed E-state index contributed by atoms with van der Waals surface area (Å²) >= 11 is 0. The van der Waals surface area contributed by atoms with Gasteiger partial charge in [0.25, 0.3) is 5.91 Å². The van der Waals surface area contributed by atoms with Crippen LogP contribution >= 0.6 is 0 Å². The molecule has 2 aromatic heterocycles. The molecule has 0 spiro atoms. The number of carbonyl (C=O) groups excluding carboxylic acids is 1. The fraction of sp³-hybridized carbons (Fsp3) is 0.318. The molecule has 0 radical (unpaired) electrons. The van der Waals surface area contributed by atoms with Crippen LogP contribution in [0.15, 0.2) is 51.9 Å². The Hall–Kier alpha value is -3.15. The normalized spacial score (nSPS) is 12.0. The molecule has 0 saturated carbocycles. The first-order valence-electron chi connectivity index (χ1n) is 9.39. The number of rotatable bonds is 7. The fourth-order valence-corrected chi connectivity index (χ4v) is 3.09. The maximum atomic E-state index is 12.4. The Morgan fingerprint density at radius 3 is 2.86 bits per heavy atom. The number of ether oxygens (including phenoxy) is 1. The molecule has 2 heterocycles. The SMILES string of the molecule is CCCc1cc(=O)oc2c(C)c(O[C@@H](C)C(=O)NCc3cccnc3)ccc12. The Kier molecular flexibility index (Phi) is 6.09. The van der Waals surface area contributed by atoms with Crippen LogP contribution in [-0.2, 0) is 17.8 Å². The topological polar surface area (TPSA) is 81.4 Å². The van der Waals surface area contributed by atoms with Gasteiger partial charge in [0.05, 0.1) is 0 Å². The lowest BCUT2D eigenvalue weighted by Gasteiger charge is -2.17. The number of aryl methyl sites for hydroxylation is 2. The molecule has 0 aliphatic carbocycles. The summed E-state index contributed by atoms with van der Waals surface area (Å²) in [5, 5.41) is 3.74. The van der Waals surface area contributed by atoms with E-state index in [0.717, 1.165) is 29.4 Å². The van der Waals surface area contributed by atoms with Gasteiger partial charge < -0.3 is 14.5 Å². The van der Waals surface area contributed by atoms with Crippen LogP contribution in [0.25, 0.3) is 11.0 Å². The molecule has 0 fully saturated rings. The molecule has 1 amide bonds. The summed E-state index contributed by atoms with van der Waals surface area (Å²) in [5.74, 6) is 0.290. The number of amides is 1. The lowest BCUT2D eigenvalue weighted by Crippen LogP contribution is -2.36. The second-order valence-corrected chi connectivity index (χ2v) is 6.75. The number of nitrogens with one attached hydrogen (secondary N) is 1. The predicted molar refractivity (Wildman–Crippen MR) is 107 cm³/mol. The highest BCUT2D eigenvalue weighted by atomic mass is 16.5. The van der Waals surface area contributed by atoms with Gasteiger partial charge >= 0.3 is 5.63 Å². The highest BCUT2D eigenvalue weighted by molar-refractivity contribution is 5.85. The number of hydrogen-bond donors (Lipinski definition) is 1. The van der Waals surface area contributed by atoms with Crippen molar-refractivity contribution in [1.29, 1.82) is 0 Å². The summed E-state index contributed by atoms with van der Waals surface area (Å²) in [6, 6.07) is 8.95. The van der Waals surface area contributed by atoms with Gasteiger partial charge in [-0.15, -0.1) is 0 Å². The monoisotopic (exact) mass is 380 g/mol. The van der Waals surface area contributed by atoms with Crippen LogP contribution in [-0.4, -0.2) is 17.0 Å². The number of aromatic nitrogens is 1. The van der Waals surface area contributed by atoms with E-state index in [4.69, 9.17) is 9.15 Å². The Balaban J connectivity index is 1.77. The van der Waals surface area contributed by atoms with Crippen LogP contribution in [0.1, 0.15) is 37.0 Å². The molecule has 6 heteroatoms. The number of nitrogens with zero attached hydrogens (tertiary/aromatic N) is 1. The van der Waals surface area contributed by atoms with E-state index >= 15 is 0 Å². The van der Waals surface area contributed by atoms with Gasteiger partial charge in [0.1, 0.15) is 11.3 Å². The first-order chi connectivity index (χ1) is 13.5. The summed E-state index contributed by atoms with van der Waals surface area (Å²) in [6.07, 6.45) is 4.43. The highest BCUT2D eigenvalue weighted by Gasteiger charge is 2.18. The number of hydrogen-bond acceptors (Lipinski definition) is 5. The third kappa shape index (κ3) is 4.39.